The molecular weight excluding hydrogens is 378 g/mol. The number of methoxy groups -OCH3 is 1. The number of carbonyl (C=O) groups excluding carboxylic acids is 1. The van der Waals surface area contributed by atoms with E-state index in [0.717, 1.165) is 47.4 Å². The molecule has 7 heteroatoms. The summed E-state index contributed by atoms with van der Waals surface area (Å²) in [5.74, 6) is 0.661. The van der Waals surface area contributed by atoms with Crippen molar-refractivity contribution < 1.29 is 9.53 Å². The number of aromatic nitrogens is 3. The number of nitrogens with one attached hydrogen (secondary N) is 2. The molecule has 1 amide bonds. The van der Waals surface area contributed by atoms with Gasteiger partial charge < -0.3 is 15.4 Å². The summed E-state index contributed by atoms with van der Waals surface area (Å²) in [7, 11) is 1.64. The molecule has 1 fully saturated rings. The lowest BCUT2D eigenvalue weighted by Gasteiger charge is -2.25. The van der Waals surface area contributed by atoms with E-state index in [2.05, 4.69) is 20.7 Å². The van der Waals surface area contributed by atoms with Crippen LogP contribution < -0.4 is 15.4 Å². The van der Waals surface area contributed by atoms with Gasteiger partial charge in [-0.15, -0.1) is 0 Å². The van der Waals surface area contributed by atoms with Crippen LogP contribution in [0.5, 0.6) is 5.75 Å². The van der Waals surface area contributed by atoms with Gasteiger partial charge in [-0.05, 0) is 37.5 Å². The number of nitrogens with zero attached hydrogens (tertiary/aromatic N) is 3. The molecule has 1 aliphatic rings. The van der Waals surface area contributed by atoms with Crippen molar-refractivity contribution in [3.8, 4) is 5.75 Å². The molecule has 0 saturated heterocycles. The molecule has 3 aromatic rings. The number of aryl methyl sites for hydroxylation is 1. The number of ether oxygens (including phenoxy) is 1. The lowest BCUT2D eigenvalue weighted by Crippen LogP contribution is -2.27. The van der Waals surface area contributed by atoms with E-state index in [-0.39, 0.29) is 5.91 Å². The molecule has 1 saturated carbocycles. The van der Waals surface area contributed by atoms with Crippen molar-refractivity contribution in [2.45, 2.75) is 58.2 Å². The molecule has 1 aromatic carbocycles. The van der Waals surface area contributed by atoms with E-state index >= 15 is 0 Å². The second kappa shape index (κ2) is 9.15. The molecule has 4 rings (SSSR count). The van der Waals surface area contributed by atoms with Crippen LogP contribution in [0.3, 0.4) is 0 Å². The van der Waals surface area contributed by atoms with E-state index in [0.29, 0.717) is 18.2 Å². The van der Waals surface area contributed by atoms with Crippen LogP contribution in [0.25, 0.3) is 11.0 Å². The summed E-state index contributed by atoms with van der Waals surface area (Å²) in [6, 6.07) is 8.07. The van der Waals surface area contributed by atoms with Crippen molar-refractivity contribution >= 4 is 22.6 Å². The number of hydrogen-bond donors (Lipinski definition) is 2. The number of pyridine rings is 1. The summed E-state index contributed by atoms with van der Waals surface area (Å²) in [6.45, 7) is 3.22. The molecule has 0 unspecified atom stereocenters. The van der Waals surface area contributed by atoms with Crippen molar-refractivity contribution in [1.82, 2.24) is 20.1 Å². The molecule has 0 spiro atoms. The molecule has 0 bridgehead atoms. The van der Waals surface area contributed by atoms with Crippen molar-refractivity contribution in [1.29, 1.82) is 0 Å². The number of amides is 1. The molecule has 0 aliphatic heterocycles. The first-order valence-corrected chi connectivity index (χ1v) is 10.7. The lowest BCUT2D eigenvalue weighted by molar-refractivity contribution is 0.0951. The smallest absolute Gasteiger partial charge is 0.255 e. The predicted octanol–water partition coefficient (Wildman–Crippen LogP) is 4.13. The van der Waals surface area contributed by atoms with Crippen molar-refractivity contribution in [2.24, 2.45) is 0 Å². The van der Waals surface area contributed by atoms with Gasteiger partial charge in [0.05, 0.1) is 29.9 Å². The van der Waals surface area contributed by atoms with Crippen molar-refractivity contribution in [3.05, 3.63) is 47.8 Å². The Morgan fingerprint density at radius 2 is 1.93 bits per heavy atom. The molecule has 2 aromatic heterocycles. The SMILES string of the molecule is CCn1ncc2c(NC3CCCCC3)c(C(=O)NCc3ccc(OC)cc3)cnc21. The Hall–Kier alpha value is -3.09. The number of rotatable bonds is 7. The molecule has 158 valence electrons. The quantitative estimate of drug-likeness (QED) is 0.615. The molecular formula is C23H29N5O2. The maximum absolute atomic E-state index is 13.1. The van der Waals surface area contributed by atoms with Crippen LogP contribution in [0.1, 0.15) is 54.9 Å². The highest BCUT2D eigenvalue weighted by molar-refractivity contribution is 6.06. The summed E-state index contributed by atoms with van der Waals surface area (Å²) >= 11 is 0. The van der Waals surface area contributed by atoms with Crippen LogP contribution in [0, 0.1) is 0 Å². The van der Waals surface area contributed by atoms with Gasteiger partial charge in [0.1, 0.15) is 5.75 Å². The maximum Gasteiger partial charge on any atom is 0.255 e. The highest BCUT2D eigenvalue weighted by atomic mass is 16.5. The summed E-state index contributed by atoms with van der Waals surface area (Å²) in [5, 5.41) is 12.0. The zero-order chi connectivity index (χ0) is 20.9. The van der Waals surface area contributed by atoms with E-state index in [9.17, 15) is 4.79 Å². The zero-order valence-corrected chi connectivity index (χ0v) is 17.6. The Morgan fingerprint density at radius 1 is 1.17 bits per heavy atom. The third-order valence-electron chi connectivity index (χ3n) is 5.78. The fraction of sp³-hybridized carbons (Fsp3) is 0.435. The second-order valence-corrected chi connectivity index (χ2v) is 7.75. The average Bonchev–Trinajstić information content (AvgIpc) is 3.22. The minimum Gasteiger partial charge on any atom is -0.497 e. The molecule has 2 heterocycles. The monoisotopic (exact) mass is 407 g/mol. The van der Waals surface area contributed by atoms with E-state index in [1.807, 2.05) is 42.1 Å². The van der Waals surface area contributed by atoms with Gasteiger partial charge in [-0.1, -0.05) is 31.4 Å². The summed E-state index contributed by atoms with van der Waals surface area (Å²) in [5.41, 5.74) is 3.23. The summed E-state index contributed by atoms with van der Waals surface area (Å²) in [6.07, 6.45) is 9.46. The molecule has 7 nitrogen and oxygen atoms in total. The largest absolute Gasteiger partial charge is 0.497 e. The Morgan fingerprint density at radius 3 is 2.63 bits per heavy atom. The van der Waals surface area contributed by atoms with Crippen LogP contribution in [0.4, 0.5) is 5.69 Å². The second-order valence-electron chi connectivity index (χ2n) is 7.75. The normalized spacial score (nSPS) is 14.6. The molecule has 0 radical (unpaired) electrons. The Balaban J connectivity index is 1.59. The first kappa shape index (κ1) is 20.2. The summed E-state index contributed by atoms with van der Waals surface area (Å²) < 4.78 is 7.05. The first-order chi connectivity index (χ1) is 14.7. The molecule has 30 heavy (non-hydrogen) atoms. The maximum atomic E-state index is 13.1. The highest BCUT2D eigenvalue weighted by Crippen LogP contribution is 2.30. The first-order valence-electron chi connectivity index (χ1n) is 10.7. The van der Waals surface area contributed by atoms with Crippen LogP contribution in [0.15, 0.2) is 36.7 Å². The number of carbonyl (C=O) groups is 1. The predicted molar refractivity (Wildman–Crippen MR) is 118 cm³/mol. The lowest BCUT2D eigenvalue weighted by atomic mass is 9.95. The van der Waals surface area contributed by atoms with Crippen LogP contribution in [-0.2, 0) is 13.1 Å². The van der Waals surface area contributed by atoms with E-state index < -0.39 is 0 Å². The zero-order valence-electron chi connectivity index (χ0n) is 17.6. The van der Waals surface area contributed by atoms with Gasteiger partial charge in [-0.25, -0.2) is 9.67 Å². The highest BCUT2D eigenvalue weighted by Gasteiger charge is 2.21. The molecule has 0 atom stereocenters. The standard InChI is InChI=1S/C23H29N5O2/c1-3-28-22-19(15-26-28)21(27-17-7-5-4-6-8-17)20(14-24-22)23(29)25-13-16-9-11-18(30-2)12-10-16/h9-12,14-15,17H,3-8,13H2,1-2H3,(H,24,27)(H,25,29). The summed E-state index contributed by atoms with van der Waals surface area (Å²) in [4.78, 5) is 17.6. The number of fused-ring (bicyclic) bond motifs is 1. The fourth-order valence-corrected chi connectivity index (χ4v) is 4.06. The van der Waals surface area contributed by atoms with Gasteiger partial charge in [-0.2, -0.15) is 5.10 Å². The van der Waals surface area contributed by atoms with Gasteiger partial charge in [-0.3, -0.25) is 4.79 Å². The fourth-order valence-electron chi connectivity index (χ4n) is 4.06. The van der Waals surface area contributed by atoms with Gasteiger partial charge in [0.2, 0.25) is 0 Å². The average molecular weight is 408 g/mol. The topological polar surface area (TPSA) is 81.1 Å². The molecule has 2 N–H and O–H groups in total. The minimum atomic E-state index is -0.136. The Labute approximate surface area is 176 Å². The number of hydrogen-bond acceptors (Lipinski definition) is 5. The van der Waals surface area contributed by atoms with E-state index in [4.69, 9.17) is 4.74 Å². The Kier molecular flexibility index (Phi) is 6.16. The minimum absolute atomic E-state index is 0.136. The van der Waals surface area contributed by atoms with Crippen LogP contribution in [0.2, 0.25) is 0 Å². The van der Waals surface area contributed by atoms with Gasteiger partial charge in [0.25, 0.3) is 5.91 Å². The van der Waals surface area contributed by atoms with Gasteiger partial charge in [0.15, 0.2) is 5.65 Å². The third kappa shape index (κ3) is 4.25. The van der Waals surface area contributed by atoms with E-state index in [1.54, 1.807) is 13.3 Å². The van der Waals surface area contributed by atoms with Gasteiger partial charge >= 0.3 is 0 Å². The third-order valence-corrected chi connectivity index (χ3v) is 5.78. The number of benzene rings is 1. The van der Waals surface area contributed by atoms with Crippen LogP contribution >= 0.6 is 0 Å². The van der Waals surface area contributed by atoms with Crippen LogP contribution in [-0.4, -0.2) is 33.8 Å². The molecule has 1 aliphatic carbocycles. The van der Waals surface area contributed by atoms with Crippen molar-refractivity contribution in [2.75, 3.05) is 12.4 Å². The van der Waals surface area contributed by atoms with Crippen molar-refractivity contribution in [3.63, 3.8) is 0 Å². The van der Waals surface area contributed by atoms with E-state index in [1.165, 1.54) is 19.3 Å². The van der Waals surface area contributed by atoms with Gasteiger partial charge in [0, 0.05) is 25.3 Å². The number of anilines is 1. The Bertz CT molecular complexity index is 1010.